The molecule has 0 aromatic heterocycles. The number of amides is 2. The van der Waals surface area contributed by atoms with Crippen LogP contribution in [0.5, 0.6) is 11.5 Å². The second kappa shape index (κ2) is 13.8. The second-order valence-electron chi connectivity index (χ2n) is 11.0. The molecule has 9 heteroatoms. The van der Waals surface area contributed by atoms with Gasteiger partial charge in [0.2, 0.25) is 0 Å². The van der Waals surface area contributed by atoms with Crippen molar-refractivity contribution in [1.29, 1.82) is 0 Å². The third kappa shape index (κ3) is 7.46. The lowest BCUT2D eigenvalue weighted by atomic mass is 9.94. The molecule has 0 radical (unpaired) electrons. The van der Waals surface area contributed by atoms with Gasteiger partial charge in [0.25, 0.3) is 11.8 Å². The molecule has 2 amide bonds. The summed E-state index contributed by atoms with van der Waals surface area (Å²) in [6, 6.07) is 11.5. The predicted octanol–water partition coefficient (Wildman–Crippen LogP) is 7.61. The molecule has 41 heavy (non-hydrogen) atoms. The summed E-state index contributed by atoms with van der Waals surface area (Å²) in [4.78, 5) is 33.9. The number of amidine groups is 1. The molecule has 3 fully saturated rings. The number of thioether (sulfide) groups is 1. The Kier molecular flexibility index (Phi) is 9.93. The van der Waals surface area contributed by atoms with Gasteiger partial charge in [-0.1, -0.05) is 67.8 Å². The highest BCUT2D eigenvalue weighted by Gasteiger charge is 2.39. The number of methoxy groups -OCH3 is 1. The molecule has 0 atom stereocenters. The molecule has 7 nitrogen and oxygen atoms in total. The number of rotatable bonds is 8. The Hall–Kier alpha value is -2.97. The minimum Gasteiger partial charge on any atom is -0.493 e. The number of hydrogen-bond donors (Lipinski definition) is 1. The van der Waals surface area contributed by atoms with Crippen LogP contribution in [0.25, 0.3) is 6.08 Å². The highest BCUT2D eigenvalue weighted by atomic mass is 35.5. The van der Waals surface area contributed by atoms with Crippen LogP contribution in [0.1, 0.15) is 75.3 Å². The van der Waals surface area contributed by atoms with Gasteiger partial charge in [-0.2, -0.15) is 0 Å². The predicted molar refractivity (Wildman–Crippen MR) is 167 cm³/mol. The van der Waals surface area contributed by atoms with Gasteiger partial charge < -0.3 is 14.8 Å². The van der Waals surface area contributed by atoms with Crippen molar-refractivity contribution in [2.45, 2.75) is 83.2 Å². The number of nitrogens with one attached hydrogen (secondary N) is 1. The van der Waals surface area contributed by atoms with Gasteiger partial charge in [-0.15, -0.1) is 0 Å². The summed E-state index contributed by atoms with van der Waals surface area (Å²) >= 11 is 8.08. The molecule has 0 bridgehead atoms. The Bertz CT molecular complexity index is 1310. The van der Waals surface area contributed by atoms with Crippen LogP contribution in [-0.2, 0) is 9.59 Å². The van der Waals surface area contributed by atoms with E-state index in [1.807, 2.05) is 42.2 Å². The van der Waals surface area contributed by atoms with E-state index in [9.17, 15) is 9.59 Å². The maximum atomic E-state index is 13.7. The first-order valence-corrected chi connectivity index (χ1v) is 15.8. The molecular weight excluding hydrogens is 558 g/mol. The van der Waals surface area contributed by atoms with Gasteiger partial charge in [-0.05, 0) is 80.3 Å². The smallest absolute Gasteiger partial charge is 0.266 e. The quantitative estimate of drug-likeness (QED) is 0.318. The Morgan fingerprint density at radius 2 is 1.76 bits per heavy atom. The summed E-state index contributed by atoms with van der Waals surface area (Å²) in [5.41, 5.74) is 2.52. The fraction of sp³-hybridized carbons (Fsp3) is 0.469. The monoisotopic (exact) mass is 595 g/mol. The van der Waals surface area contributed by atoms with Gasteiger partial charge in [0, 0.05) is 11.7 Å². The second-order valence-corrected chi connectivity index (χ2v) is 12.4. The van der Waals surface area contributed by atoms with Gasteiger partial charge in [0.1, 0.15) is 0 Å². The molecule has 2 saturated carbocycles. The Labute approximate surface area is 251 Å². The molecule has 3 aliphatic rings. The summed E-state index contributed by atoms with van der Waals surface area (Å²) in [6.45, 7) is 1.76. The van der Waals surface area contributed by atoms with Gasteiger partial charge >= 0.3 is 0 Å². The van der Waals surface area contributed by atoms with E-state index in [1.165, 1.54) is 44.6 Å². The summed E-state index contributed by atoms with van der Waals surface area (Å²) in [5, 5.41) is 3.96. The van der Waals surface area contributed by atoms with Crippen molar-refractivity contribution in [3.8, 4) is 11.5 Å². The first kappa shape index (κ1) is 29.5. The SMILES string of the molecule is COc1cc(C=C2SC(=NC3CCCCC3)N(C3CCCCC3)C2=O)cc(Cl)c1OCC(=O)Nc1ccc(C)cc1. The van der Waals surface area contributed by atoms with E-state index >= 15 is 0 Å². The van der Waals surface area contributed by atoms with Crippen molar-refractivity contribution in [2.24, 2.45) is 4.99 Å². The van der Waals surface area contributed by atoms with E-state index in [-0.39, 0.29) is 30.2 Å². The average Bonchev–Trinajstić information content (AvgIpc) is 3.28. The van der Waals surface area contributed by atoms with Crippen LogP contribution in [0.4, 0.5) is 5.69 Å². The summed E-state index contributed by atoms with van der Waals surface area (Å²) in [7, 11) is 1.52. The third-order valence-corrected chi connectivity index (χ3v) is 9.15. The number of aryl methyl sites for hydroxylation is 1. The van der Waals surface area contributed by atoms with Crippen LogP contribution < -0.4 is 14.8 Å². The van der Waals surface area contributed by atoms with Crippen molar-refractivity contribution >= 4 is 52.1 Å². The number of halogens is 1. The normalized spacial score (nSPS) is 20.6. The topological polar surface area (TPSA) is 80.2 Å². The summed E-state index contributed by atoms with van der Waals surface area (Å²) in [6.07, 6.45) is 13.3. The van der Waals surface area contributed by atoms with E-state index < -0.39 is 0 Å². The van der Waals surface area contributed by atoms with Crippen molar-refractivity contribution in [3.63, 3.8) is 0 Å². The number of ether oxygens (including phenoxy) is 2. The number of aliphatic imine (C=N–C) groups is 1. The maximum Gasteiger partial charge on any atom is 0.266 e. The standard InChI is InChI=1S/C32H38ClN3O4S/c1-21-13-15-24(16-14-21)34-29(37)20-40-30-26(33)17-22(18-27(30)39-2)19-28-31(38)36(25-11-7-4-8-12-25)32(41-28)35-23-9-5-3-6-10-23/h13-19,23,25H,3-12,20H2,1-2H3,(H,34,37). The van der Waals surface area contributed by atoms with Gasteiger partial charge in [-0.25, -0.2) is 0 Å². The molecule has 1 saturated heterocycles. The minimum absolute atomic E-state index is 0.0136. The van der Waals surface area contributed by atoms with Crippen LogP contribution in [0.2, 0.25) is 5.02 Å². The molecule has 2 aromatic carbocycles. The zero-order chi connectivity index (χ0) is 28.8. The number of anilines is 1. The van der Waals surface area contributed by atoms with E-state index in [0.29, 0.717) is 27.4 Å². The van der Waals surface area contributed by atoms with Crippen LogP contribution in [0.15, 0.2) is 46.3 Å². The minimum atomic E-state index is -0.307. The highest BCUT2D eigenvalue weighted by molar-refractivity contribution is 8.18. The fourth-order valence-electron chi connectivity index (χ4n) is 5.69. The Morgan fingerprint density at radius 1 is 1.07 bits per heavy atom. The lowest BCUT2D eigenvalue weighted by molar-refractivity contribution is -0.124. The molecular formula is C32H38ClN3O4S. The van der Waals surface area contributed by atoms with Crippen LogP contribution in [0, 0.1) is 6.92 Å². The highest BCUT2D eigenvalue weighted by Crippen LogP contribution is 2.41. The first-order chi connectivity index (χ1) is 19.9. The van der Waals surface area contributed by atoms with Gasteiger partial charge in [0.05, 0.1) is 23.1 Å². The number of benzene rings is 2. The number of hydrogen-bond acceptors (Lipinski definition) is 6. The Morgan fingerprint density at radius 3 is 2.44 bits per heavy atom. The van der Waals surface area contributed by atoms with E-state index in [0.717, 1.165) is 54.8 Å². The fourth-order valence-corrected chi connectivity index (χ4v) is 7.07. The lowest BCUT2D eigenvalue weighted by Crippen LogP contribution is -2.41. The first-order valence-electron chi connectivity index (χ1n) is 14.6. The maximum absolute atomic E-state index is 13.7. The summed E-state index contributed by atoms with van der Waals surface area (Å²) in [5.74, 6) is 0.380. The zero-order valence-corrected chi connectivity index (χ0v) is 25.4. The molecule has 0 spiro atoms. The molecule has 0 unspecified atom stereocenters. The number of nitrogens with zero attached hydrogens (tertiary/aromatic N) is 2. The van der Waals surface area contributed by atoms with Crippen molar-refractivity contribution in [1.82, 2.24) is 4.90 Å². The zero-order valence-electron chi connectivity index (χ0n) is 23.8. The summed E-state index contributed by atoms with van der Waals surface area (Å²) < 4.78 is 11.3. The van der Waals surface area contributed by atoms with Crippen LogP contribution in [0.3, 0.4) is 0 Å². The van der Waals surface area contributed by atoms with Crippen molar-refractivity contribution in [2.75, 3.05) is 19.0 Å². The molecule has 2 aromatic rings. The van der Waals surface area contributed by atoms with Crippen molar-refractivity contribution < 1.29 is 19.1 Å². The lowest BCUT2D eigenvalue weighted by Gasteiger charge is -2.31. The number of carbonyl (C=O) groups is 2. The molecule has 2 aliphatic carbocycles. The van der Waals surface area contributed by atoms with E-state index in [1.54, 1.807) is 12.1 Å². The average molecular weight is 596 g/mol. The van der Waals surface area contributed by atoms with Crippen LogP contribution >= 0.6 is 23.4 Å². The van der Waals surface area contributed by atoms with E-state index in [4.69, 9.17) is 26.1 Å². The molecule has 218 valence electrons. The molecule has 1 aliphatic heterocycles. The molecule has 1 heterocycles. The van der Waals surface area contributed by atoms with Crippen molar-refractivity contribution in [3.05, 3.63) is 57.5 Å². The molecule has 5 rings (SSSR count). The number of carbonyl (C=O) groups excluding carboxylic acids is 2. The van der Waals surface area contributed by atoms with Crippen LogP contribution in [-0.4, -0.2) is 47.7 Å². The third-order valence-electron chi connectivity index (χ3n) is 7.88. The Balaban J connectivity index is 1.33. The largest absolute Gasteiger partial charge is 0.493 e. The van der Waals surface area contributed by atoms with Gasteiger partial charge in [0.15, 0.2) is 23.3 Å². The van der Waals surface area contributed by atoms with Gasteiger partial charge in [-0.3, -0.25) is 19.5 Å². The molecule has 1 N–H and O–H groups in total. The van der Waals surface area contributed by atoms with E-state index in [2.05, 4.69) is 5.32 Å².